The smallest absolute Gasteiger partial charge is 0.212 e. The van der Waals surface area contributed by atoms with E-state index in [1.807, 2.05) is 12.3 Å². The molecule has 3 unspecified atom stereocenters. The van der Waals surface area contributed by atoms with E-state index in [2.05, 4.69) is 42.2 Å². The molecule has 1 saturated heterocycles. The summed E-state index contributed by atoms with van der Waals surface area (Å²) >= 11 is 0. The third-order valence-corrected chi connectivity index (χ3v) is 4.46. The van der Waals surface area contributed by atoms with Gasteiger partial charge in [0.15, 0.2) is 0 Å². The number of nitrogens with one attached hydrogen (secondary N) is 1. The van der Waals surface area contributed by atoms with Crippen LogP contribution in [0.2, 0.25) is 0 Å². The third kappa shape index (κ3) is 3.25. The van der Waals surface area contributed by atoms with E-state index in [1.54, 1.807) is 7.11 Å². The van der Waals surface area contributed by atoms with Crippen molar-refractivity contribution >= 4 is 0 Å². The standard InChI is InChI=1S/C15H25N3O/c1-11-12(2)18(8-7-14(11)16-3)10-13-5-6-15(19-4)17-9-13/h5-6,9,11-12,14,16H,7-8,10H2,1-4H3. The lowest BCUT2D eigenvalue weighted by Gasteiger charge is -2.42. The second-order valence-corrected chi connectivity index (χ2v) is 5.46. The van der Waals surface area contributed by atoms with Crippen molar-refractivity contribution in [2.45, 2.75) is 38.9 Å². The number of ether oxygens (including phenoxy) is 1. The molecule has 0 amide bonds. The van der Waals surface area contributed by atoms with Gasteiger partial charge in [-0.1, -0.05) is 13.0 Å². The first-order chi connectivity index (χ1) is 9.15. The van der Waals surface area contributed by atoms with Crippen LogP contribution in [0.5, 0.6) is 5.88 Å². The molecule has 0 saturated carbocycles. The molecular formula is C15H25N3O. The summed E-state index contributed by atoms with van der Waals surface area (Å²) < 4.78 is 5.09. The summed E-state index contributed by atoms with van der Waals surface area (Å²) in [5, 5.41) is 3.43. The Morgan fingerprint density at radius 1 is 1.42 bits per heavy atom. The summed E-state index contributed by atoms with van der Waals surface area (Å²) in [4.78, 5) is 6.82. The van der Waals surface area contributed by atoms with Gasteiger partial charge in [-0.3, -0.25) is 4.90 Å². The Labute approximate surface area is 116 Å². The second-order valence-electron chi connectivity index (χ2n) is 5.46. The Kier molecular flexibility index (Phi) is 4.77. The minimum atomic E-state index is 0.591. The van der Waals surface area contributed by atoms with E-state index in [0.29, 0.717) is 23.9 Å². The third-order valence-electron chi connectivity index (χ3n) is 4.46. The summed E-state index contributed by atoms with van der Waals surface area (Å²) in [6.45, 7) is 6.78. The van der Waals surface area contributed by atoms with Crippen LogP contribution in [-0.2, 0) is 6.54 Å². The van der Waals surface area contributed by atoms with Crippen LogP contribution in [-0.4, -0.2) is 42.7 Å². The van der Waals surface area contributed by atoms with E-state index in [9.17, 15) is 0 Å². The van der Waals surface area contributed by atoms with Gasteiger partial charge in [0.25, 0.3) is 0 Å². The predicted molar refractivity (Wildman–Crippen MR) is 77.3 cm³/mol. The number of rotatable bonds is 4. The first-order valence-corrected chi connectivity index (χ1v) is 7.06. The van der Waals surface area contributed by atoms with Gasteiger partial charge in [0.05, 0.1) is 7.11 Å². The summed E-state index contributed by atoms with van der Waals surface area (Å²) in [6, 6.07) is 5.27. The molecule has 106 valence electrons. The van der Waals surface area contributed by atoms with Gasteiger partial charge in [-0.15, -0.1) is 0 Å². The molecule has 1 fully saturated rings. The van der Waals surface area contributed by atoms with Crippen molar-refractivity contribution in [3.63, 3.8) is 0 Å². The van der Waals surface area contributed by atoms with Crippen LogP contribution in [0.4, 0.5) is 0 Å². The first kappa shape index (κ1) is 14.3. The van der Waals surface area contributed by atoms with Crippen molar-refractivity contribution in [3.8, 4) is 5.88 Å². The Morgan fingerprint density at radius 3 is 2.79 bits per heavy atom. The molecule has 1 aliphatic rings. The molecule has 1 aromatic rings. The average molecular weight is 263 g/mol. The van der Waals surface area contributed by atoms with Crippen molar-refractivity contribution in [2.75, 3.05) is 20.7 Å². The quantitative estimate of drug-likeness (QED) is 0.900. The van der Waals surface area contributed by atoms with Crippen LogP contribution in [0.1, 0.15) is 25.8 Å². The Balaban J connectivity index is 1.98. The van der Waals surface area contributed by atoms with Crippen LogP contribution < -0.4 is 10.1 Å². The number of likely N-dealkylation sites (tertiary alicyclic amines) is 1. The van der Waals surface area contributed by atoms with Crippen LogP contribution in [0.15, 0.2) is 18.3 Å². The van der Waals surface area contributed by atoms with Crippen LogP contribution in [0.3, 0.4) is 0 Å². The Bertz CT molecular complexity index is 393. The van der Waals surface area contributed by atoms with Crippen molar-refractivity contribution in [3.05, 3.63) is 23.9 Å². The van der Waals surface area contributed by atoms with Crippen LogP contribution in [0, 0.1) is 5.92 Å². The summed E-state index contributed by atoms with van der Waals surface area (Å²) in [6.07, 6.45) is 3.13. The second kappa shape index (κ2) is 6.35. The molecule has 2 heterocycles. The van der Waals surface area contributed by atoms with Crippen molar-refractivity contribution in [1.82, 2.24) is 15.2 Å². The lowest BCUT2D eigenvalue weighted by molar-refractivity contribution is 0.0810. The summed E-state index contributed by atoms with van der Waals surface area (Å²) in [5.74, 6) is 1.35. The van der Waals surface area contributed by atoms with Crippen molar-refractivity contribution < 1.29 is 4.74 Å². The number of nitrogens with zero attached hydrogens (tertiary/aromatic N) is 2. The zero-order valence-electron chi connectivity index (χ0n) is 12.4. The lowest BCUT2D eigenvalue weighted by Crippen LogP contribution is -2.52. The SMILES string of the molecule is CNC1CCN(Cc2ccc(OC)nc2)C(C)C1C. The highest BCUT2D eigenvalue weighted by Crippen LogP contribution is 2.25. The van der Waals surface area contributed by atoms with Gasteiger partial charge in [0, 0.05) is 37.4 Å². The van der Waals surface area contributed by atoms with Crippen molar-refractivity contribution in [1.29, 1.82) is 0 Å². The molecule has 1 aliphatic heterocycles. The fourth-order valence-electron chi connectivity index (χ4n) is 2.93. The maximum absolute atomic E-state index is 5.09. The number of aromatic nitrogens is 1. The fraction of sp³-hybridized carbons (Fsp3) is 0.667. The highest BCUT2D eigenvalue weighted by Gasteiger charge is 2.31. The molecule has 19 heavy (non-hydrogen) atoms. The molecule has 0 aliphatic carbocycles. The van der Waals surface area contributed by atoms with Crippen LogP contribution >= 0.6 is 0 Å². The number of hydrogen-bond donors (Lipinski definition) is 1. The number of hydrogen-bond acceptors (Lipinski definition) is 4. The van der Waals surface area contributed by atoms with Gasteiger partial charge in [-0.05, 0) is 31.9 Å². The molecule has 2 rings (SSSR count). The highest BCUT2D eigenvalue weighted by atomic mass is 16.5. The molecule has 0 spiro atoms. The molecule has 0 radical (unpaired) electrons. The van der Waals surface area contributed by atoms with E-state index in [0.717, 1.165) is 13.1 Å². The zero-order chi connectivity index (χ0) is 13.8. The Hall–Kier alpha value is -1.13. The number of methoxy groups -OCH3 is 1. The molecule has 1 N–H and O–H groups in total. The molecular weight excluding hydrogens is 238 g/mol. The minimum Gasteiger partial charge on any atom is -0.481 e. The van der Waals surface area contributed by atoms with E-state index < -0.39 is 0 Å². The number of piperidine rings is 1. The van der Waals surface area contributed by atoms with Crippen LogP contribution in [0.25, 0.3) is 0 Å². The van der Waals surface area contributed by atoms with Gasteiger partial charge in [0.2, 0.25) is 5.88 Å². The largest absolute Gasteiger partial charge is 0.481 e. The maximum atomic E-state index is 5.09. The van der Waals surface area contributed by atoms with E-state index in [1.165, 1.54) is 12.0 Å². The normalized spacial score (nSPS) is 28.3. The minimum absolute atomic E-state index is 0.591. The monoisotopic (exact) mass is 263 g/mol. The van der Waals surface area contributed by atoms with Gasteiger partial charge in [-0.25, -0.2) is 4.98 Å². The molecule has 4 heteroatoms. The molecule has 0 bridgehead atoms. The fourth-order valence-corrected chi connectivity index (χ4v) is 2.93. The first-order valence-electron chi connectivity index (χ1n) is 7.06. The van der Waals surface area contributed by atoms with Gasteiger partial charge >= 0.3 is 0 Å². The number of pyridine rings is 1. The average Bonchev–Trinajstić information content (AvgIpc) is 2.45. The van der Waals surface area contributed by atoms with E-state index >= 15 is 0 Å². The van der Waals surface area contributed by atoms with Gasteiger partial charge < -0.3 is 10.1 Å². The summed E-state index contributed by atoms with van der Waals surface area (Å²) in [5.41, 5.74) is 1.25. The zero-order valence-corrected chi connectivity index (χ0v) is 12.4. The van der Waals surface area contributed by atoms with E-state index in [-0.39, 0.29) is 0 Å². The molecule has 1 aromatic heterocycles. The molecule has 0 aromatic carbocycles. The predicted octanol–water partition coefficient (Wildman–Crippen LogP) is 1.91. The molecule has 4 nitrogen and oxygen atoms in total. The highest BCUT2D eigenvalue weighted by molar-refractivity contribution is 5.17. The van der Waals surface area contributed by atoms with E-state index in [4.69, 9.17) is 4.74 Å². The van der Waals surface area contributed by atoms with Crippen molar-refractivity contribution in [2.24, 2.45) is 5.92 Å². The lowest BCUT2D eigenvalue weighted by atomic mass is 9.87. The topological polar surface area (TPSA) is 37.4 Å². The Morgan fingerprint density at radius 2 is 2.21 bits per heavy atom. The van der Waals surface area contributed by atoms with Gasteiger partial charge in [-0.2, -0.15) is 0 Å². The maximum Gasteiger partial charge on any atom is 0.212 e. The van der Waals surface area contributed by atoms with Gasteiger partial charge in [0.1, 0.15) is 0 Å². The summed E-state index contributed by atoms with van der Waals surface area (Å²) in [7, 11) is 3.71. The molecule has 3 atom stereocenters.